The molecule has 0 bridgehead atoms. The normalized spacial score (nSPS) is 13.2. The zero-order valence-electron chi connectivity index (χ0n) is 26.1. The van der Waals surface area contributed by atoms with E-state index in [-0.39, 0.29) is 12.4 Å². The number of amides is 1. The Kier molecular flexibility index (Phi) is 8.57. The molecule has 0 saturated heterocycles. The van der Waals surface area contributed by atoms with Crippen LogP contribution in [0.25, 0.3) is 38.9 Å². The molecule has 0 aliphatic heterocycles. The number of nitrogens with zero attached hydrogens (tertiary/aromatic N) is 3. The van der Waals surface area contributed by atoms with Crippen LogP contribution < -0.4 is 5.32 Å². The number of H-pyrrole nitrogens is 1. The SMILES string of the molecule is Cc1cc(-c2ncccc2-c2ccc3ncc(C(O)OC[C@H](Cc4c[nH]c5ccccc45)NC(=O)OC(C)(C)C)n3c2)ccc1F. The monoisotopic (exact) mass is 621 g/mol. The van der Waals surface area contributed by atoms with Gasteiger partial charge in [0, 0.05) is 46.2 Å². The van der Waals surface area contributed by atoms with Crippen LogP contribution in [0.3, 0.4) is 0 Å². The molecule has 1 unspecified atom stereocenters. The minimum atomic E-state index is -1.34. The smallest absolute Gasteiger partial charge is 0.407 e. The second-order valence-electron chi connectivity index (χ2n) is 12.3. The van der Waals surface area contributed by atoms with E-state index in [1.165, 1.54) is 6.07 Å². The van der Waals surface area contributed by atoms with Crippen LogP contribution in [0, 0.1) is 12.7 Å². The number of ether oxygens (including phenoxy) is 2. The van der Waals surface area contributed by atoms with Crippen LogP contribution in [0.4, 0.5) is 9.18 Å². The molecule has 10 heteroatoms. The van der Waals surface area contributed by atoms with Crippen LogP contribution in [0.5, 0.6) is 0 Å². The number of imidazole rings is 1. The first-order valence-electron chi connectivity index (χ1n) is 15.1. The number of aromatic amines is 1. The summed E-state index contributed by atoms with van der Waals surface area (Å²) < 4.78 is 27.3. The standard InChI is InChI=1S/C36H36FN5O4/c1-22-16-23(11-13-29(22)37)33-28(9-7-15-38-33)24-12-14-32-40-19-31(42(32)20-24)34(43)45-21-26(41-35(44)46-36(2,3)4)17-25-18-39-30-10-6-5-8-27(25)30/h5-16,18-20,26,34,39,43H,17,21H2,1-4H3,(H,41,44)/t26-,34?/m0/s1. The molecule has 2 atom stereocenters. The molecular formula is C36H36FN5O4. The Balaban J connectivity index is 1.25. The van der Waals surface area contributed by atoms with E-state index < -0.39 is 24.0 Å². The topological polar surface area (TPSA) is 114 Å². The fourth-order valence-electron chi connectivity index (χ4n) is 5.49. The number of aryl methyl sites for hydroxylation is 1. The van der Waals surface area contributed by atoms with Gasteiger partial charge in [0.1, 0.15) is 17.1 Å². The summed E-state index contributed by atoms with van der Waals surface area (Å²) in [6.45, 7) is 7.13. The largest absolute Gasteiger partial charge is 0.444 e. The molecule has 0 fully saturated rings. The van der Waals surface area contributed by atoms with Gasteiger partial charge in [-0.05, 0) is 87.7 Å². The summed E-state index contributed by atoms with van der Waals surface area (Å²) >= 11 is 0. The molecule has 4 aromatic heterocycles. The number of halogens is 1. The van der Waals surface area contributed by atoms with Crippen LogP contribution in [0.1, 0.15) is 43.9 Å². The summed E-state index contributed by atoms with van der Waals surface area (Å²) in [6.07, 6.45) is 5.57. The van der Waals surface area contributed by atoms with Crippen LogP contribution in [0.2, 0.25) is 0 Å². The van der Waals surface area contributed by atoms with Crippen LogP contribution in [-0.4, -0.2) is 48.8 Å². The van der Waals surface area contributed by atoms with Crippen LogP contribution >= 0.6 is 0 Å². The molecule has 9 nitrogen and oxygen atoms in total. The van der Waals surface area contributed by atoms with E-state index in [1.54, 1.807) is 56.6 Å². The summed E-state index contributed by atoms with van der Waals surface area (Å²) in [5.41, 5.74) is 6.05. The van der Waals surface area contributed by atoms with E-state index in [9.17, 15) is 14.3 Å². The Morgan fingerprint density at radius 2 is 1.87 bits per heavy atom. The Morgan fingerprint density at radius 1 is 1.07 bits per heavy atom. The van der Waals surface area contributed by atoms with Gasteiger partial charge >= 0.3 is 6.09 Å². The van der Waals surface area contributed by atoms with E-state index >= 15 is 0 Å². The highest BCUT2D eigenvalue weighted by Crippen LogP contribution is 2.32. The number of para-hydroxylation sites is 1. The lowest BCUT2D eigenvalue weighted by atomic mass is 9.99. The molecule has 0 spiro atoms. The minimum Gasteiger partial charge on any atom is -0.444 e. The summed E-state index contributed by atoms with van der Waals surface area (Å²) in [5.74, 6) is -0.273. The lowest BCUT2D eigenvalue weighted by Gasteiger charge is -2.24. The highest BCUT2D eigenvalue weighted by atomic mass is 19.1. The van der Waals surface area contributed by atoms with E-state index in [2.05, 4.69) is 20.3 Å². The average Bonchev–Trinajstić information content (AvgIpc) is 3.64. The summed E-state index contributed by atoms with van der Waals surface area (Å²) in [6, 6.07) is 19.9. The molecule has 236 valence electrons. The number of hydrogen-bond acceptors (Lipinski definition) is 6. The fourth-order valence-corrected chi connectivity index (χ4v) is 5.49. The number of aromatic nitrogens is 4. The summed E-state index contributed by atoms with van der Waals surface area (Å²) in [5, 5.41) is 15.2. The van der Waals surface area contributed by atoms with Gasteiger partial charge in [-0.1, -0.05) is 24.3 Å². The fraction of sp³-hybridized carbons (Fsp3) is 0.250. The first-order valence-corrected chi connectivity index (χ1v) is 15.1. The Morgan fingerprint density at radius 3 is 2.67 bits per heavy atom. The average molecular weight is 622 g/mol. The minimum absolute atomic E-state index is 0.00348. The quantitative estimate of drug-likeness (QED) is 0.148. The first-order chi connectivity index (χ1) is 22.1. The van der Waals surface area contributed by atoms with Gasteiger partial charge in [-0.2, -0.15) is 0 Å². The number of carbonyl (C=O) groups excluding carboxylic acids is 1. The van der Waals surface area contributed by atoms with Crippen LogP contribution in [-0.2, 0) is 15.9 Å². The molecule has 2 aromatic carbocycles. The molecule has 0 radical (unpaired) electrons. The number of alkyl carbamates (subject to hydrolysis) is 1. The second-order valence-corrected chi connectivity index (χ2v) is 12.3. The highest BCUT2D eigenvalue weighted by molar-refractivity contribution is 5.83. The molecule has 6 aromatic rings. The molecule has 0 saturated carbocycles. The number of aliphatic hydroxyl groups excluding tert-OH is 1. The van der Waals surface area contributed by atoms with Crippen molar-refractivity contribution < 1.29 is 23.8 Å². The molecule has 3 N–H and O–H groups in total. The van der Waals surface area contributed by atoms with Crippen LogP contribution in [0.15, 0.2) is 91.5 Å². The van der Waals surface area contributed by atoms with Crippen molar-refractivity contribution in [2.24, 2.45) is 0 Å². The molecule has 4 heterocycles. The third-order valence-corrected chi connectivity index (χ3v) is 7.65. The molecular weight excluding hydrogens is 585 g/mol. The molecule has 1 amide bonds. The van der Waals surface area contributed by atoms with E-state index in [4.69, 9.17) is 9.47 Å². The molecule has 46 heavy (non-hydrogen) atoms. The van der Waals surface area contributed by atoms with Crippen molar-refractivity contribution in [3.63, 3.8) is 0 Å². The maximum Gasteiger partial charge on any atom is 0.407 e. The van der Waals surface area contributed by atoms with Gasteiger partial charge in [-0.15, -0.1) is 0 Å². The van der Waals surface area contributed by atoms with Gasteiger partial charge in [-0.25, -0.2) is 14.2 Å². The van der Waals surface area contributed by atoms with Crippen molar-refractivity contribution in [1.29, 1.82) is 0 Å². The van der Waals surface area contributed by atoms with Gasteiger partial charge in [-0.3, -0.25) is 9.38 Å². The number of pyridine rings is 2. The summed E-state index contributed by atoms with van der Waals surface area (Å²) in [4.78, 5) is 25.1. The van der Waals surface area contributed by atoms with Gasteiger partial charge in [0.2, 0.25) is 0 Å². The summed E-state index contributed by atoms with van der Waals surface area (Å²) in [7, 11) is 0. The first kappa shape index (κ1) is 30.9. The highest BCUT2D eigenvalue weighted by Gasteiger charge is 2.23. The Labute approximate surface area is 266 Å². The van der Waals surface area contributed by atoms with E-state index in [0.717, 1.165) is 33.2 Å². The number of carbonyl (C=O) groups is 1. The van der Waals surface area contributed by atoms with Crippen molar-refractivity contribution >= 4 is 22.6 Å². The number of nitrogens with one attached hydrogen (secondary N) is 2. The number of hydrogen-bond donors (Lipinski definition) is 3. The maximum atomic E-state index is 14.0. The molecule has 0 aliphatic rings. The van der Waals surface area contributed by atoms with Crippen molar-refractivity contribution in [3.8, 4) is 22.4 Å². The van der Waals surface area contributed by atoms with Gasteiger partial charge < -0.3 is 24.9 Å². The van der Waals surface area contributed by atoms with Crippen molar-refractivity contribution in [2.45, 2.75) is 52.0 Å². The number of fused-ring (bicyclic) bond motifs is 2. The Bertz CT molecular complexity index is 2010. The number of aliphatic hydroxyl groups is 1. The third kappa shape index (κ3) is 6.78. The maximum absolute atomic E-state index is 14.0. The lowest BCUT2D eigenvalue weighted by Crippen LogP contribution is -2.43. The van der Waals surface area contributed by atoms with Crippen molar-refractivity contribution in [3.05, 3.63) is 114 Å². The van der Waals surface area contributed by atoms with Gasteiger partial charge in [0.15, 0.2) is 6.29 Å². The predicted molar refractivity (Wildman–Crippen MR) is 175 cm³/mol. The zero-order chi connectivity index (χ0) is 32.4. The Hall–Kier alpha value is -5.06. The van der Waals surface area contributed by atoms with E-state index in [0.29, 0.717) is 29.0 Å². The van der Waals surface area contributed by atoms with Gasteiger partial charge in [0.25, 0.3) is 0 Å². The number of benzene rings is 2. The third-order valence-electron chi connectivity index (χ3n) is 7.65. The van der Waals surface area contributed by atoms with Crippen molar-refractivity contribution in [1.82, 2.24) is 24.7 Å². The second kappa shape index (κ2) is 12.7. The number of rotatable bonds is 9. The van der Waals surface area contributed by atoms with E-state index in [1.807, 2.05) is 60.9 Å². The van der Waals surface area contributed by atoms with Gasteiger partial charge in [0.05, 0.1) is 30.2 Å². The van der Waals surface area contributed by atoms with Crippen molar-refractivity contribution in [2.75, 3.05) is 6.61 Å². The molecule has 0 aliphatic carbocycles. The zero-order valence-corrected chi connectivity index (χ0v) is 26.1. The predicted octanol–water partition coefficient (Wildman–Crippen LogP) is 7.14. The lowest BCUT2D eigenvalue weighted by molar-refractivity contribution is -0.111. The molecule has 6 rings (SSSR count).